The van der Waals surface area contributed by atoms with Gasteiger partial charge in [0, 0.05) is 23.3 Å². The molecule has 0 radical (unpaired) electrons. The zero-order valence-corrected chi connectivity index (χ0v) is 11.2. The minimum Gasteiger partial charge on any atom is -0.501 e. The van der Waals surface area contributed by atoms with E-state index < -0.39 is 0 Å². The summed E-state index contributed by atoms with van der Waals surface area (Å²) >= 11 is 0. The number of methoxy groups -OCH3 is 1. The van der Waals surface area contributed by atoms with E-state index in [9.17, 15) is 0 Å². The van der Waals surface area contributed by atoms with Crippen LogP contribution in [0.4, 0.5) is 0 Å². The Balaban J connectivity index is 2.20. The summed E-state index contributed by atoms with van der Waals surface area (Å²) in [4.78, 5) is 2.89. The summed E-state index contributed by atoms with van der Waals surface area (Å²) < 4.78 is 5.36. The van der Waals surface area contributed by atoms with Crippen LogP contribution in [0, 0.1) is 5.92 Å². The topological polar surface area (TPSA) is 58.0 Å². The fourth-order valence-electron chi connectivity index (χ4n) is 2.79. The maximum atomic E-state index is 8.49. The van der Waals surface area contributed by atoms with Gasteiger partial charge in [-0.3, -0.25) is 0 Å². The molecule has 0 saturated heterocycles. The lowest BCUT2D eigenvalue weighted by Gasteiger charge is -2.21. The van der Waals surface area contributed by atoms with E-state index in [0.29, 0.717) is 5.92 Å². The highest BCUT2D eigenvalue weighted by Gasteiger charge is 2.27. The minimum atomic E-state index is 0.0246. The quantitative estimate of drug-likeness (QED) is 0.414. The Hall–Kier alpha value is -1.67. The van der Waals surface area contributed by atoms with Gasteiger partial charge in [-0.05, 0) is 42.5 Å². The van der Waals surface area contributed by atoms with E-state index in [1.807, 2.05) is 6.92 Å². The lowest BCUT2D eigenvalue weighted by molar-refractivity contribution is 0.274. The number of nitrogens with zero attached hydrogens (tertiary/aromatic N) is 3. The van der Waals surface area contributed by atoms with Gasteiger partial charge in [-0.1, -0.05) is 23.7 Å². The van der Waals surface area contributed by atoms with Crippen molar-refractivity contribution in [1.29, 1.82) is 0 Å². The predicted molar refractivity (Wildman–Crippen MR) is 71.8 cm³/mol. The highest BCUT2D eigenvalue weighted by atomic mass is 16.5. The van der Waals surface area contributed by atoms with E-state index in [-0.39, 0.29) is 6.04 Å². The maximum absolute atomic E-state index is 8.49. The summed E-state index contributed by atoms with van der Waals surface area (Å²) in [6, 6.07) is 0.0246. The third-order valence-corrected chi connectivity index (χ3v) is 3.74. The molecule has 96 valence electrons. The van der Waals surface area contributed by atoms with Crippen molar-refractivity contribution < 1.29 is 4.74 Å². The van der Waals surface area contributed by atoms with E-state index in [2.05, 4.69) is 29.1 Å². The first-order valence-electron chi connectivity index (χ1n) is 6.35. The summed E-state index contributed by atoms with van der Waals surface area (Å²) in [5, 5.41) is 3.78. The standard InChI is InChI=1S/C14H19N3O/c1-9-6-11-4-5-12(18-3)8-14(11)13(9)7-10(2)16-17-15/h6,8,10,13H,4-5,7H2,1-3H3. The zero-order chi connectivity index (χ0) is 13.1. The summed E-state index contributed by atoms with van der Waals surface area (Å²) in [6.45, 7) is 4.13. The fourth-order valence-corrected chi connectivity index (χ4v) is 2.79. The molecule has 0 aromatic rings. The number of allylic oxidation sites excluding steroid dienone is 6. The van der Waals surface area contributed by atoms with Crippen LogP contribution >= 0.6 is 0 Å². The van der Waals surface area contributed by atoms with Crippen molar-refractivity contribution in [3.8, 4) is 0 Å². The largest absolute Gasteiger partial charge is 0.501 e. The highest BCUT2D eigenvalue weighted by molar-refractivity contribution is 5.49. The van der Waals surface area contributed by atoms with Crippen LogP contribution in [-0.2, 0) is 4.74 Å². The highest BCUT2D eigenvalue weighted by Crippen LogP contribution is 2.41. The Kier molecular flexibility index (Phi) is 3.78. The summed E-state index contributed by atoms with van der Waals surface area (Å²) in [7, 11) is 1.73. The zero-order valence-electron chi connectivity index (χ0n) is 11.2. The molecular weight excluding hydrogens is 226 g/mol. The van der Waals surface area contributed by atoms with Crippen molar-refractivity contribution in [3.05, 3.63) is 45.1 Å². The van der Waals surface area contributed by atoms with Crippen molar-refractivity contribution in [1.82, 2.24) is 0 Å². The van der Waals surface area contributed by atoms with Crippen molar-refractivity contribution in [2.45, 2.75) is 39.2 Å². The predicted octanol–water partition coefficient (Wildman–Crippen LogP) is 4.27. The third-order valence-electron chi connectivity index (χ3n) is 3.74. The number of hydrogen-bond donors (Lipinski definition) is 0. The summed E-state index contributed by atoms with van der Waals surface area (Å²) in [5.74, 6) is 1.43. The first-order chi connectivity index (χ1) is 8.65. The number of hydrogen-bond acceptors (Lipinski definition) is 2. The van der Waals surface area contributed by atoms with Crippen LogP contribution in [0.2, 0.25) is 0 Å². The Morgan fingerprint density at radius 1 is 1.50 bits per heavy atom. The van der Waals surface area contributed by atoms with Crippen molar-refractivity contribution in [3.63, 3.8) is 0 Å². The Labute approximate surface area is 108 Å². The van der Waals surface area contributed by atoms with Gasteiger partial charge in [0.05, 0.1) is 12.9 Å². The summed E-state index contributed by atoms with van der Waals surface area (Å²) in [6.07, 6.45) is 7.36. The van der Waals surface area contributed by atoms with Crippen LogP contribution in [0.25, 0.3) is 10.4 Å². The van der Waals surface area contributed by atoms with E-state index >= 15 is 0 Å². The van der Waals surface area contributed by atoms with Gasteiger partial charge in [-0.15, -0.1) is 0 Å². The number of ether oxygens (including phenoxy) is 1. The molecule has 2 aliphatic carbocycles. The van der Waals surface area contributed by atoms with Crippen LogP contribution in [0.3, 0.4) is 0 Å². The van der Waals surface area contributed by atoms with Gasteiger partial charge < -0.3 is 4.74 Å². The molecule has 0 fully saturated rings. The van der Waals surface area contributed by atoms with Crippen LogP contribution in [0.1, 0.15) is 33.1 Å². The van der Waals surface area contributed by atoms with Crippen molar-refractivity contribution in [2.24, 2.45) is 11.0 Å². The fraction of sp³-hybridized carbons (Fsp3) is 0.571. The van der Waals surface area contributed by atoms with Crippen LogP contribution in [-0.4, -0.2) is 13.2 Å². The smallest absolute Gasteiger partial charge is 0.0961 e. The van der Waals surface area contributed by atoms with Crippen LogP contribution < -0.4 is 0 Å². The molecule has 0 N–H and O–H groups in total. The second kappa shape index (κ2) is 5.32. The average molecular weight is 245 g/mol. The van der Waals surface area contributed by atoms with E-state index in [4.69, 9.17) is 10.3 Å². The first kappa shape index (κ1) is 12.8. The van der Waals surface area contributed by atoms with E-state index in [1.165, 1.54) is 16.7 Å². The van der Waals surface area contributed by atoms with Crippen molar-refractivity contribution >= 4 is 0 Å². The van der Waals surface area contributed by atoms with Gasteiger partial charge >= 0.3 is 0 Å². The van der Waals surface area contributed by atoms with Gasteiger partial charge in [0.15, 0.2) is 0 Å². The molecule has 4 nitrogen and oxygen atoms in total. The minimum absolute atomic E-state index is 0.0246. The molecule has 2 unspecified atom stereocenters. The molecule has 0 bridgehead atoms. The summed E-state index contributed by atoms with van der Waals surface area (Å²) in [5.41, 5.74) is 12.6. The van der Waals surface area contributed by atoms with Crippen LogP contribution in [0.15, 0.2) is 39.7 Å². The van der Waals surface area contributed by atoms with Gasteiger partial charge in [-0.25, -0.2) is 0 Å². The van der Waals surface area contributed by atoms with Gasteiger partial charge in [0.25, 0.3) is 0 Å². The average Bonchev–Trinajstić information content (AvgIpc) is 2.65. The molecule has 2 aliphatic rings. The van der Waals surface area contributed by atoms with Gasteiger partial charge in [-0.2, -0.15) is 0 Å². The monoisotopic (exact) mass is 245 g/mol. The molecule has 0 aliphatic heterocycles. The Morgan fingerprint density at radius 3 is 2.94 bits per heavy atom. The molecule has 2 atom stereocenters. The molecule has 0 spiro atoms. The van der Waals surface area contributed by atoms with E-state index in [1.54, 1.807) is 7.11 Å². The number of rotatable bonds is 4. The molecule has 18 heavy (non-hydrogen) atoms. The molecular formula is C14H19N3O. The second-order valence-electron chi connectivity index (χ2n) is 5.03. The van der Waals surface area contributed by atoms with Crippen molar-refractivity contribution in [2.75, 3.05) is 7.11 Å². The molecule has 0 saturated carbocycles. The van der Waals surface area contributed by atoms with Crippen LogP contribution in [0.5, 0.6) is 0 Å². The molecule has 0 heterocycles. The Bertz CT molecular complexity index is 481. The number of azide groups is 1. The molecule has 0 amide bonds. The van der Waals surface area contributed by atoms with Gasteiger partial charge in [0.2, 0.25) is 0 Å². The van der Waals surface area contributed by atoms with Gasteiger partial charge in [0.1, 0.15) is 0 Å². The third kappa shape index (κ3) is 2.44. The maximum Gasteiger partial charge on any atom is 0.0961 e. The SMILES string of the molecule is COC1=CC2=C(C=C(C)C2CC(C)N=[N+]=[N-])CC1. The molecule has 4 heteroatoms. The molecule has 2 rings (SSSR count). The normalized spacial score (nSPS) is 23.8. The second-order valence-corrected chi connectivity index (χ2v) is 5.03. The van der Waals surface area contributed by atoms with E-state index in [0.717, 1.165) is 25.0 Å². The lowest BCUT2D eigenvalue weighted by atomic mass is 9.87. The molecule has 0 aromatic carbocycles. The lowest BCUT2D eigenvalue weighted by Crippen LogP contribution is -2.11. The first-order valence-corrected chi connectivity index (χ1v) is 6.35. The molecule has 0 aromatic heterocycles. The Morgan fingerprint density at radius 2 is 2.28 bits per heavy atom.